The fourth-order valence-corrected chi connectivity index (χ4v) is 3.98. The van der Waals surface area contributed by atoms with Gasteiger partial charge in [-0.2, -0.15) is 0 Å². The Kier molecular flexibility index (Phi) is 7.77. The summed E-state index contributed by atoms with van der Waals surface area (Å²) in [6, 6.07) is 19.0. The number of aromatic carboxylic acids is 1. The molecule has 0 radical (unpaired) electrons. The van der Waals surface area contributed by atoms with Crippen LogP contribution in [0.3, 0.4) is 0 Å². The van der Waals surface area contributed by atoms with Crippen LogP contribution in [0.15, 0.2) is 73.1 Å². The van der Waals surface area contributed by atoms with Gasteiger partial charge in [-0.1, -0.05) is 74.4 Å². The van der Waals surface area contributed by atoms with E-state index in [1.807, 2.05) is 59.3 Å². The number of unbranched alkanes of at least 4 members (excludes halogenated alkanes) is 2. The molecule has 0 atom stereocenters. The highest BCUT2D eigenvalue weighted by Crippen LogP contribution is 2.24. The molecular formula is C28H28N4O3. The first-order chi connectivity index (χ1) is 17.0. The Morgan fingerprint density at radius 3 is 2.43 bits per heavy atom. The van der Waals surface area contributed by atoms with E-state index in [0.717, 1.165) is 48.2 Å². The monoisotopic (exact) mass is 468 g/mol. The minimum absolute atomic E-state index is 0.0964. The summed E-state index contributed by atoms with van der Waals surface area (Å²) in [5.41, 5.74) is 3.51. The summed E-state index contributed by atoms with van der Waals surface area (Å²) in [6.45, 7) is 2.63. The molecule has 0 saturated carbocycles. The molecule has 35 heavy (non-hydrogen) atoms. The number of pyridine rings is 1. The van der Waals surface area contributed by atoms with Crippen LogP contribution in [0.5, 0.6) is 0 Å². The first-order valence-corrected chi connectivity index (χ1v) is 11.8. The number of ketones is 1. The highest BCUT2D eigenvalue weighted by Gasteiger charge is 2.17. The normalized spacial score (nSPS) is 10.9. The van der Waals surface area contributed by atoms with Gasteiger partial charge in [0.25, 0.3) is 0 Å². The first-order valence-electron chi connectivity index (χ1n) is 11.8. The second-order valence-electron chi connectivity index (χ2n) is 8.48. The summed E-state index contributed by atoms with van der Waals surface area (Å²) in [6.07, 6.45) is 7.15. The molecule has 0 saturated heterocycles. The number of nitrogens with zero attached hydrogens (tertiary/aromatic N) is 4. The van der Waals surface area contributed by atoms with Crippen molar-refractivity contribution in [1.29, 1.82) is 0 Å². The Morgan fingerprint density at radius 1 is 0.943 bits per heavy atom. The highest BCUT2D eigenvalue weighted by atomic mass is 16.4. The van der Waals surface area contributed by atoms with Gasteiger partial charge in [0.05, 0.1) is 12.1 Å². The molecule has 7 nitrogen and oxygen atoms in total. The van der Waals surface area contributed by atoms with E-state index in [2.05, 4.69) is 22.0 Å². The van der Waals surface area contributed by atoms with E-state index in [1.165, 1.54) is 6.20 Å². The molecule has 1 N–H and O–H groups in total. The number of carbonyl (C=O) groups excluding carboxylic acids is 1. The summed E-state index contributed by atoms with van der Waals surface area (Å²) >= 11 is 0. The van der Waals surface area contributed by atoms with E-state index in [4.69, 9.17) is 0 Å². The molecule has 0 aliphatic carbocycles. The number of rotatable bonds is 11. The molecule has 7 heteroatoms. The number of benzene rings is 2. The third-order valence-electron chi connectivity index (χ3n) is 5.86. The minimum Gasteiger partial charge on any atom is -0.478 e. The lowest BCUT2D eigenvalue weighted by Gasteiger charge is -2.09. The lowest BCUT2D eigenvalue weighted by molar-refractivity contribution is 0.0697. The maximum Gasteiger partial charge on any atom is 0.337 e. The lowest BCUT2D eigenvalue weighted by Crippen LogP contribution is -2.09. The van der Waals surface area contributed by atoms with Gasteiger partial charge in [0.15, 0.2) is 0 Å². The van der Waals surface area contributed by atoms with Crippen molar-refractivity contribution < 1.29 is 14.7 Å². The highest BCUT2D eigenvalue weighted by molar-refractivity contribution is 5.95. The van der Waals surface area contributed by atoms with Crippen LogP contribution in [0, 0.1) is 0 Å². The molecule has 2 aromatic heterocycles. The number of aryl methyl sites for hydroxylation is 1. The fraction of sp³-hybridized carbons (Fsp3) is 0.250. The fourth-order valence-electron chi connectivity index (χ4n) is 3.98. The Balaban J connectivity index is 1.55. The van der Waals surface area contributed by atoms with Crippen molar-refractivity contribution in [2.75, 3.05) is 0 Å². The Hall–Kier alpha value is -4.13. The molecule has 178 valence electrons. The zero-order chi connectivity index (χ0) is 24.6. The van der Waals surface area contributed by atoms with Crippen molar-refractivity contribution in [3.05, 3.63) is 101 Å². The molecular weight excluding hydrogens is 440 g/mol. The van der Waals surface area contributed by atoms with Gasteiger partial charge in [-0.15, -0.1) is 5.10 Å². The average molecular weight is 469 g/mol. The van der Waals surface area contributed by atoms with E-state index >= 15 is 0 Å². The number of Topliss-reactive ketones (excluding diaryl/α,β-unsaturated/α-hetero) is 1. The SMILES string of the molecule is CCCCCc1nc(C(=O)Cc2ccccc2)nn1Cc1ccc(-c2ccncc2C(=O)O)cc1. The van der Waals surface area contributed by atoms with Gasteiger partial charge in [0.2, 0.25) is 11.6 Å². The Bertz CT molecular complexity index is 1300. The molecule has 0 unspecified atom stereocenters. The van der Waals surface area contributed by atoms with Crippen molar-refractivity contribution in [2.45, 2.75) is 45.6 Å². The number of carbonyl (C=O) groups is 2. The Labute approximate surface area is 204 Å². The number of carboxylic acids is 1. The predicted molar refractivity (Wildman–Crippen MR) is 133 cm³/mol. The predicted octanol–water partition coefficient (Wildman–Crippen LogP) is 5.24. The maximum absolute atomic E-state index is 12.9. The quantitative estimate of drug-likeness (QED) is 0.239. The van der Waals surface area contributed by atoms with Crippen LogP contribution in [-0.4, -0.2) is 36.6 Å². The third-order valence-corrected chi connectivity index (χ3v) is 5.86. The van der Waals surface area contributed by atoms with Crippen molar-refractivity contribution >= 4 is 11.8 Å². The van der Waals surface area contributed by atoms with Gasteiger partial charge < -0.3 is 5.11 Å². The van der Waals surface area contributed by atoms with E-state index in [0.29, 0.717) is 12.1 Å². The molecule has 0 fully saturated rings. The third kappa shape index (κ3) is 6.06. The van der Waals surface area contributed by atoms with Crippen molar-refractivity contribution in [3.63, 3.8) is 0 Å². The van der Waals surface area contributed by atoms with E-state index in [1.54, 1.807) is 12.3 Å². The maximum atomic E-state index is 12.9. The van der Waals surface area contributed by atoms with Crippen LogP contribution in [-0.2, 0) is 19.4 Å². The van der Waals surface area contributed by atoms with Crippen LogP contribution in [0.1, 0.15) is 64.1 Å². The number of hydrogen-bond donors (Lipinski definition) is 1. The Morgan fingerprint density at radius 2 is 1.71 bits per heavy atom. The average Bonchev–Trinajstić information content (AvgIpc) is 3.28. The summed E-state index contributed by atoms with van der Waals surface area (Å²) in [5, 5.41) is 14.0. The molecule has 0 spiro atoms. The van der Waals surface area contributed by atoms with Gasteiger partial charge in [-0.05, 0) is 34.7 Å². The van der Waals surface area contributed by atoms with Crippen LogP contribution in [0.2, 0.25) is 0 Å². The molecule has 2 aromatic carbocycles. The summed E-state index contributed by atoms with van der Waals surface area (Å²) in [4.78, 5) is 32.9. The largest absolute Gasteiger partial charge is 0.478 e. The number of hydrogen-bond acceptors (Lipinski definition) is 5. The topological polar surface area (TPSA) is 98.0 Å². The minimum atomic E-state index is -1.01. The van der Waals surface area contributed by atoms with E-state index < -0.39 is 5.97 Å². The molecule has 4 aromatic rings. The number of aromatic nitrogens is 4. The van der Waals surface area contributed by atoms with Crippen LogP contribution in [0.25, 0.3) is 11.1 Å². The zero-order valence-corrected chi connectivity index (χ0v) is 19.7. The standard InChI is InChI=1S/C28H28N4O3/c1-2-3-5-10-26-30-27(25(33)17-20-8-6-4-7-9-20)31-32(26)19-21-11-13-22(14-12-21)23-15-16-29-18-24(23)28(34)35/h4,6-9,11-16,18H,2-3,5,10,17,19H2,1H3,(H,34,35). The zero-order valence-electron chi connectivity index (χ0n) is 19.7. The van der Waals surface area contributed by atoms with Gasteiger partial charge in [-0.25, -0.2) is 14.5 Å². The van der Waals surface area contributed by atoms with E-state index in [-0.39, 0.29) is 23.6 Å². The van der Waals surface area contributed by atoms with E-state index in [9.17, 15) is 14.7 Å². The van der Waals surface area contributed by atoms with Gasteiger partial charge >= 0.3 is 5.97 Å². The molecule has 0 amide bonds. The summed E-state index contributed by atoms with van der Waals surface area (Å²) in [7, 11) is 0. The summed E-state index contributed by atoms with van der Waals surface area (Å²) in [5.74, 6) is -0.0498. The van der Waals surface area contributed by atoms with Gasteiger partial charge in [-0.3, -0.25) is 9.78 Å². The van der Waals surface area contributed by atoms with Crippen molar-refractivity contribution in [1.82, 2.24) is 19.7 Å². The van der Waals surface area contributed by atoms with Crippen LogP contribution < -0.4 is 0 Å². The van der Waals surface area contributed by atoms with Crippen molar-refractivity contribution in [2.24, 2.45) is 0 Å². The lowest BCUT2D eigenvalue weighted by atomic mass is 10.0. The van der Waals surface area contributed by atoms with Gasteiger partial charge in [0, 0.05) is 25.2 Å². The van der Waals surface area contributed by atoms with Gasteiger partial charge in [0.1, 0.15) is 5.82 Å². The molecule has 4 rings (SSSR count). The second kappa shape index (κ2) is 11.3. The molecule has 2 heterocycles. The van der Waals surface area contributed by atoms with Crippen molar-refractivity contribution in [3.8, 4) is 11.1 Å². The summed E-state index contributed by atoms with van der Waals surface area (Å²) < 4.78 is 1.82. The molecule has 0 aliphatic rings. The second-order valence-corrected chi connectivity index (χ2v) is 8.48. The van der Waals surface area contributed by atoms with Crippen LogP contribution in [0.4, 0.5) is 0 Å². The van der Waals surface area contributed by atoms with Crippen LogP contribution >= 0.6 is 0 Å². The molecule has 0 bridgehead atoms. The first kappa shape index (κ1) is 24.0. The number of carboxylic acid groups (broad SMARTS) is 1. The smallest absolute Gasteiger partial charge is 0.337 e. The molecule has 0 aliphatic heterocycles.